The van der Waals surface area contributed by atoms with Crippen molar-refractivity contribution in [2.45, 2.75) is 13.0 Å². The van der Waals surface area contributed by atoms with E-state index in [1.807, 2.05) is 0 Å². The Balaban J connectivity index is 2.22. The predicted octanol–water partition coefficient (Wildman–Crippen LogP) is 1.04. The Morgan fingerprint density at radius 1 is 1.61 bits per heavy atom. The fraction of sp³-hybridized carbons (Fsp3) is 0.308. The molecule has 1 atom stereocenters. The van der Waals surface area contributed by atoms with Crippen molar-refractivity contribution in [1.82, 2.24) is 15.0 Å². The molecule has 1 unspecified atom stereocenters. The van der Waals surface area contributed by atoms with Gasteiger partial charge in [-0.05, 0) is 13.0 Å². The molecule has 10 nitrogen and oxygen atoms in total. The maximum absolute atomic E-state index is 11.8. The fourth-order valence-corrected chi connectivity index (χ4v) is 1.89. The first-order valence-electron chi connectivity index (χ1n) is 6.75. The molecule has 0 saturated heterocycles. The van der Waals surface area contributed by atoms with Crippen molar-refractivity contribution in [3.8, 4) is 0 Å². The minimum absolute atomic E-state index is 0.0533. The van der Waals surface area contributed by atoms with Gasteiger partial charge < -0.3 is 20.1 Å². The van der Waals surface area contributed by atoms with Crippen LogP contribution in [0, 0.1) is 10.1 Å². The first-order valence-corrected chi connectivity index (χ1v) is 6.75. The molecule has 2 aromatic heterocycles. The lowest BCUT2D eigenvalue weighted by Crippen LogP contribution is -2.16. The summed E-state index contributed by atoms with van der Waals surface area (Å²) in [6.07, 6.45) is 3.12. The van der Waals surface area contributed by atoms with Crippen LogP contribution in [0.25, 0.3) is 0 Å². The molecule has 122 valence electrons. The molecule has 0 bridgehead atoms. The van der Waals surface area contributed by atoms with Crippen LogP contribution in [0.5, 0.6) is 0 Å². The highest BCUT2D eigenvalue weighted by Gasteiger charge is 2.27. The lowest BCUT2D eigenvalue weighted by Gasteiger charge is -2.12. The summed E-state index contributed by atoms with van der Waals surface area (Å²) in [4.78, 5) is 32.7. The van der Waals surface area contributed by atoms with Crippen LogP contribution in [0.2, 0.25) is 0 Å². The van der Waals surface area contributed by atoms with Crippen LogP contribution in [0.15, 0.2) is 24.8 Å². The van der Waals surface area contributed by atoms with E-state index in [1.165, 1.54) is 24.8 Å². The molecule has 0 aliphatic carbocycles. The van der Waals surface area contributed by atoms with Gasteiger partial charge in [0.05, 0.1) is 29.7 Å². The van der Waals surface area contributed by atoms with Crippen molar-refractivity contribution in [1.29, 1.82) is 0 Å². The number of nitro groups is 1. The monoisotopic (exact) mass is 321 g/mol. The standard InChI is InChI=1S/C13H15N5O5/c1-2-23-13(20)8-3-4-15-12(11(8)18(21)22)16-6-10(19)9-5-14-7-17-9/h3-5,7,10,19H,2,6H2,1H3,(H,14,17)(H,15,16). The summed E-state index contributed by atoms with van der Waals surface area (Å²) < 4.78 is 4.80. The third-order valence-electron chi connectivity index (χ3n) is 2.94. The Morgan fingerprint density at radius 3 is 3.00 bits per heavy atom. The molecule has 0 fully saturated rings. The average Bonchev–Trinajstić information content (AvgIpc) is 3.06. The van der Waals surface area contributed by atoms with E-state index in [0.717, 1.165) is 0 Å². The van der Waals surface area contributed by atoms with E-state index >= 15 is 0 Å². The third-order valence-corrected chi connectivity index (χ3v) is 2.94. The van der Waals surface area contributed by atoms with Crippen LogP contribution in [0.4, 0.5) is 11.5 Å². The number of ether oxygens (including phenoxy) is 1. The number of rotatable bonds is 7. The highest BCUT2D eigenvalue weighted by molar-refractivity contribution is 5.96. The van der Waals surface area contributed by atoms with Gasteiger partial charge in [-0.3, -0.25) is 10.1 Å². The lowest BCUT2D eigenvalue weighted by molar-refractivity contribution is -0.384. The van der Waals surface area contributed by atoms with E-state index in [9.17, 15) is 20.0 Å². The molecule has 3 N–H and O–H groups in total. The number of nitrogens with zero attached hydrogens (tertiary/aromatic N) is 3. The van der Waals surface area contributed by atoms with E-state index < -0.39 is 22.7 Å². The zero-order chi connectivity index (χ0) is 16.8. The Bertz CT molecular complexity index is 688. The molecule has 0 saturated carbocycles. The van der Waals surface area contributed by atoms with E-state index in [0.29, 0.717) is 5.69 Å². The maximum Gasteiger partial charge on any atom is 0.345 e. The number of H-pyrrole nitrogens is 1. The van der Waals surface area contributed by atoms with Gasteiger partial charge in [0.15, 0.2) is 0 Å². The number of aromatic nitrogens is 3. The summed E-state index contributed by atoms with van der Waals surface area (Å²) in [5.74, 6) is -0.933. The van der Waals surface area contributed by atoms with E-state index in [-0.39, 0.29) is 24.5 Å². The number of aromatic amines is 1. The molecule has 0 amide bonds. The number of pyridine rings is 1. The quantitative estimate of drug-likeness (QED) is 0.390. The van der Waals surface area contributed by atoms with Crippen molar-refractivity contribution >= 4 is 17.5 Å². The number of hydrogen-bond acceptors (Lipinski definition) is 8. The largest absolute Gasteiger partial charge is 0.462 e. The highest BCUT2D eigenvalue weighted by atomic mass is 16.6. The molecule has 0 aromatic carbocycles. The summed E-state index contributed by atoms with van der Waals surface area (Å²) >= 11 is 0. The van der Waals surface area contributed by atoms with Crippen LogP contribution >= 0.6 is 0 Å². The van der Waals surface area contributed by atoms with Crippen molar-refractivity contribution in [2.24, 2.45) is 0 Å². The molecular formula is C13H15N5O5. The van der Waals surface area contributed by atoms with Gasteiger partial charge in [0, 0.05) is 12.7 Å². The molecule has 0 spiro atoms. The number of carbonyl (C=O) groups is 1. The number of esters is 1. The molecule has 10 heteroatoms. The Kier molecular flexibility index (Phi) is 5.20. The number of hydrogen-bond donors (Lipinski definition) is 3. The van der Waals surface area contributed by atoms with Gasteiger partial charge in [0.1, 0.15) is 11.7 Å². The summed E-state index contributed by atoms with van der Waals surface area (Å²) in [7, 11) is 0. The predicted molar refractivity (Wildman–Crippen MR) is 78.9 cm³/mol. The number of nitrogens with one attached hydrogen (secondary N) is 2. The molecule has 0 aliphatic rings. The molecule has 0 radical (unpaired) electrons. The smallest absolute Gasteiger partial charge is 0.345 e. The first kappa shape index (κ1) is 16.4. The van der Waals surface area contributed by atoms with Gasteiger partial charge in [0.25, 0.3) is 0 Å². The zero-order valence-corrected chi connectivity index (χ0v) is 12.2. The molecule has 23 heavy (non-hydrogen) atoms. The summed E-state index contributed by atoms with van der Waals surface area (Å²) in [6.45, 7) is 1.65. The number of anilines is 1. The third kappa shape index (κ3) is 3.80. The summed E-state index contributed by atoms with van der Waals surface area (Å²) in [5, 5.41) is 23.9. The maximum atomic E-state index is 11.8. The number of aliphatic hydroxyl groups is 1. The van der Waals surface area contributed by atoms with Gasteiger partial charge >= 0.3 is 11.7 Å². The molecule has 0 aliphatic heterocycles. The van der Waals surface area contributed by atoms with Crippen LogP contribution in [-0.4, -0.2) is 44.1 Å². The second-order valence-corrected chi connectivity index (χ2v) is 4.44. The normalized spacial score (nSPS) is 11.7. The highest BCUT2D eigenvalue weighted by Crippen LogP contribution is 2.27. The number of carbonyl (C=O) groups excluding carboxylic acids is 1. The van der Waals surface area contributed by atoms with Crippen molar-refractivity contribution in [3.63, 3.8) is 0 Å². The topological polar surface area (TPSA) is 143 Å². The minimum Gasteiger partial charge on any atom is -0.462 e. The summed E-state index contributed by atoms with van der Waals surface area (Å²) in [6, 6.07) is 1.21. The van der Waals surface area contributed by atoms with Crippen LogP contribution in [0.1, 0.15) is 29.1 Å². The van der Waals surface area contributed by atoms with Crippen LogP contribution in [0.3, 0.4) is 0 Å². The first-order chi connectivity index (χ1) is 11.0. The van der Waals surface area contributed by atoms with Crippen molar-refractivity contribution in [3.05, 3.63) is 46.2 Å². The second-order valence-electron chi connectivity index (χ2n) is 4.44. The Hall–Kier alpha value is -3.01. The van der Waals surface area contributed by atoms with Gasteiger partial charge in [0.2, 0.25) is 5.82 Å². The molecule has 2 aromatic rings. The van der Waals surface area contributed by atoms with E-state index in [2.05, 4.69) is 20.3 Å². The van der Waals surface area contributed by atoms with Crippen LogP contribution < -0.4 is 5.32 Å². The zero-order valence-electron chi connectivity index (χ0n) is 12.2. The lowest BCUT2D eigenvalue weighted by atomic mass is 10.2. The fourth-order valence-electron chi connectivity index (χ4n) is 1.89. The van der Waals surface area contributed by atoms with Gasteiger partial charge in [-0.25, -0.2) is 14.8 Å². The molecule has 2 heterocycles. The summed E-state index contributed by atoms with van der Waals surface area (Å²) in [5.41, 5.74) is -0.255. The SMILES string of the molecule is CCOC(=O)c1ccnc(NCC(O)c2cnc[nH]2)c1[N+](=O)[O-]. The van der Waals surface area contributed by atoms with E-state index in [1.54, 1.807) is 6.92 Å². The Labute approximate surface area is 130 Å². The minimum atomic E-state index is -0.967. The molecular weight excluding hydrogens is 306 g/mol. The average molecular weight is 321 g/mol. The number of aliphatic hydroxyl groups excluding tert-OH is 1. The van der Waals surface area contributed by atoms with Crippen molar-refractivity contribution < 1.29 is 19.6 Å². The van der Waals surface area contributed by atoms with Crippen LogP contribution in [-0.2, 0) is 4.74 Å². The van der Waals surface area contributed by atoms with E-state index in [4.69, 9.17) is 4.74 Å². The second kappa shape index (κ2) is 7.31. The van der Waals surface area contributed by atoms with Gasteiger partial charge in [-0.1, -0.05) is 0 Å². The van der Waals surface area contributed by atoms with Gasteiger partial charge in [-0.2, -0.15) is 0 Å². The van der Waals surface area contributed by atoms with Gasteiger partial charge in [-0.15, -0.1) is 0 Å². The number of imidazole rings is 1. The molecule has 2 rings (SSSR count). The van der Waals surface area contributed by atoms with Crippen molar-refractivity contribution in [2.75, 3.05) is 18.5 Å². The Morgan fingerprint density at radius 2 is 2.39 bits per heavy atom.